The number of H-pyrrole nitrogens is 1. The van der Waals surface area contributed by atoms with Gasteiger partial charge in [-0.3, -0.25) is 4.79 Å². The van der Waals surface area contributed by atoms with Crippen LogP contribution < -0.4 is 5.32 Å². The fourth-order valence-electron chi connectivity index (χ4n) is 2.40. The Morgan fingerprint density at radius 2 is 1.88 bits per heavy atom. The van der Waals surface area contributed by atoms with Crippen LogP contribution in [0.15, 0.2) is 29.2 Å². The number of hydrogen-bond donors (Lipinski definition) is 2. The van der Waals surface area contributed by atoms with E-state index < -0.39 is 17.6 Å². The number of alkyl halides is 2. The van der Waals surface area contributed by atoms with Gasteiger partial charge in [0.2, 0.25) is 0 Å². The molecule has 0 saturated heterocycles. The van der Waals surface area contributed by atoms with Crippen LogP contribution in [0.5, 0.6) is 0 Å². The molecule has 0 unspecified atom stereocenters. The summed E-state index contributed by atoms with van der Waals surface area (Å²) < 4.78 is 29.6. The number of carbonyl (C=O) groups excluding carboxylic acids is 2. The molecular weight excluding hydrogens is 350 g/mol. The number of anilines is 1. The molecule has 0 bridgehead atoms. The monoisotopic (exact) mass is 368 g/mol. The minimum atomic E-state index is -2.49. The highest BCUT2D eigenvalue weighted by atomic mass is 32.2. The number of benzene rings is 1. The lowest BCUT2D eigenvalue weighted by Gasteiger charge is -2.06. The molecule has 5 nitrogen and oxygen atoms in total. The number of aromatic nitrogens is 1. The summed E-state index contributed by atoms with van der Waals surface area (Å²) in [4.78, 5) is 27.7. The fraction of sp³-hybridized carbons (Fsp3) is 0.294. The van der Waals surface area contributed by atoms with Crippen molar-refractivity contribution in [3.8, 4) is 0 Å². The third kappa shape index (κ3) is 4.60. The van der Waals surface area contributed by atoms with E-state index in [0.29, 0.717) is 39.2 Å². The van der Waals surface area contributed by atoms with Crippen molar-refractivity contribution in [1.29, 1.82) is 0 Å². The molecule has 25 heavy (non-hydrogen) atoms. The standard InChI is InChI=1S/C17H18F2N2O3S/c1-4-24-16(23)13-9(2)14(20-10(13)3)15(22)21-11-5-7-12(8-6-11)25-17(18)19/h5-8,17,20H,4H2,1-3H3,(H,21,22). The lowest BCUT2D eigenvalue weighted by molar-refractivity contribution is 0.0525. The number of hydrogen-bond acceptors (Lipinski definition) is 4. The van der Waals surface area contributed by atoms with Gasteiger partial charge in [-0.2, -0.15) is 8.78 Å². The van der Waals surface area contributed by atoms with Crippen LogP contribution in [0.3, 0.4) is 0 Å². The zero-order valence-corrected chi connectivity index (χ0v) is 14.8. The van der Waals surface area contributed by atoms with Crippen LogP contribution in [0.25, 0.3) is 0 Å². The van der Waals surface area contributed by atoms with Crippen LogP contribution in [0.4, 0.5) is 14.5 Å². The average molecular weight is 368 g/mol. The Bertz CT molecular complexity index is 773. The van der Waals surface area contributed by atoms with Gasteiger partial charge in [0.1, 0.15) is 5.69 Å². The van der Waals surface area contributed by atoms with E-state index in [1.165, 1.54) is 12.1 Å². The SMILES string of the molecule is CCOC(=O)c1c(C)[nH]c(C(=O)Nc2ccc(SC(F)F)cc2)c1C. The van der Waals surface area contributed by atoms with Gasteiger partial charge in [0, 0.05) is 16.3 Å². The summed E-state index contributed by atoms with van der Waals surface area (Å²) in [6, 6.07) is 6.09. The highest BCUT2D eigenvalue weighted by molar-refractivity contribution is 7.99. The predicted molar refractivity (Wildman–Crippen MR) is 92.5 cm³/mol. The van der Waals surface area contributed by atoms with Crippen molar-refractivity contribution < 1.29 is 23.1 Å². The van der Waals surface area contributed by atoms with Crippen molar-refractivity contribution in [3.63, 3.8) is 0 Å². The molecule has 2 aromatic rings. The summed E-state index contributed by atoms with van der Waals surface area (Å²) in [7, 11) is 0. The topological polar surface area (TPSA) is 71.2 Å². The molecule has 0 spiro atoms. The van der Waals surface area contributed by atoms with E-state index in [1.54, 1.807) is 32.9 Å². The second kappa shape index (κ2) is 8.15. The number of thioether (sulfide) groups is 1. The third-order valence-electron chi connectivity index (χ3n) is 3.48. The summed E-state index contributed by atoms with van der Waals surface area (Å²) in [5.74, 6) is -3.40. The van der Waals surface area contributed by atoms with Crippen molar-refractivity contribution in [2.24, 2.45) is 0 Å². The van der Waals surface area contributed by atoms with Gasteiger partial charge in [0.05, 0.1) is 12.2 Å². The average Bonchev–Trinajstić information content (AvgIpc) is 2.84. The number of ether oxygens (including phenoxy) is 1. The number of amides is 1. The third-order valence-corrected chi connectivity index (χ3v) is 4.20. The Morgan fingerprint density at radius 1 is 1.24 bits per heavy atom. The summed E-state index contributed by atoms with van der Waals surface area (Å²) in [6.07, 6.45) is 0. The Balaban J connectivity index is 2.16. The number of aromatic amines is 1. The van der Waals surface area contributed by atoms with Crippen molar-refractivity contribution >= 4 is 29.3 Å². The molecule has 1 aromatic carbocycles. The highest BCUT2D eigenvalue weighted by Crippen LogP contribution is 2.26. The van der Waals surface area contributed by atoms with Crippen LogP contribution in [0.1, 0.15) is 39.0 Å². The maximum atomic E-state index is 12.4. The van der Waals surface area contributed by atoms with Crippen molar-refractivity contribution in [2.45, 2.75) is 31.4 Å². The van der Waals surface area contributed by atoms with Gasteiger partial charge in [-0.05, 0) is 50.6 Å². The van der Waals surface area contributed by atoms with Gasteiger partial charge in [-0.1, -0.05) is 11.8 Å². The maximum absolute atomic E-state index is 12.4. The first-order valence-electron chi connectivity index (χ1n) is 7.56. The number of esters is 1. The number of nitrogens with one attached hydrogen (secondary N) is 2. The van der Waals surface area contributed by atoms with Crippen LogP contribution >= 0.6 is 11.8 Å². The first kappa shape index (κ1) is 19.0. The normalized spacial score (nSPS) is 10.8. The van der Waals surface area contributed by atoms with Gasteiger partial charge in [0.15, 0.2) is 0 Å². The number of rotatable bonds is 6. The van der Waals surface area contributed by atoms with E-state index in [-0.39, 0.29) is 12.3 Å². The maximum Gasteiger partial charge on any atom is 0.340 e. The van der Waals surface area contributed by atoms with E-state index in [4.69, 9.17) is 4.74 Å². The highest BCUT2D eigenvalue weighted by Gasteiger charge is 2.22. The molecule has 2 N–H and O–H groups in total. The molecule has 1 aromatic heterocycles. The molecule has 134 valence electrons. The van der Waals surface area contributed by atoms with Crippen molar-refractivity contribution in [1.82, 2.24) is 4.98 Å². The van der Waals surface area contributed by atoms with E-state index in [1.807, 2.05) is 0 Å². The second-order valence-electron chi connectivity index (χ2n) is 5.20. The van der Waals surface area contributed by atoms with Gasteiger partial charge in [-0.25, -0.2) is 4.79 Å². The van der Waals surface area contributed by atoms with Gasteiger partial charge >= 0.3 is 5.97 Å². The molecule has 8 heteroatoms. The predicted octanol–water partition coefficient (Wildman–Crippen LogP) is 4.38. The zero-order chi connectivity index (χ0) is 18.6. The van der Waals surface area contributed by atoms with Crippen LogP contribution in [-0.4, -0.2) is 29.2 Å². The Labute approximate surface area is 148 Å². The summed E-state index contributed by atoms with van der Waals surface area (Å²) >= 11 is 0.434. The quantitative estimate of drug-likeness (QED) is 0.586. The first-order valence-corrected chi connectivity index (χ1v) is 8.44. The van der Waals surface area contributed by atoms with E-state index in [9.17, 15) is 18.4 Å². The lowest BCUT2D eigenvalue weighted by atomic mass is 10.1. The Kier molecular flexibility index (Phi) is 6.19. The molecule has 0 atom stereocenters. The van der Waals surface area contributed by atoms with Gasteiger partial charge < -0.3 is 15.0 Å². The molecule has 1 amide bonds. The van der Waals surface area contributed by atoms with E-state index >= 15 is 0 Å². The molecule has 0 fully saturated rings. The minimum absolute atomic E-state index is 0.243. The molecule has 2 rings (SSSR count). The molecule has 1 heterocycles. The summed E-state index contributed by atoms with van der Waals surface area (Å²) in [6.45, 7) is 5.30. The zero-order valence-electron chi connectivity index (χ0n) is 14.0. The smallest absolute Gasteiger partial charge is 0.340 e. The molecule has 0 aliphatic heterocycles. The van der Waals surface area contributed by atoms with Gasteiger partial charge in [0.25, 0.3) is 11.7 Å². The van der Waals surface area contributed by atoms with Crippen LogP contribution in [0.2, 0.25) is 0 Å². The van der Waals surface area contributed by atoms with E-state index in [2.05, 4.69) is 10.3 Å². The second-order valence-corrected chi connectivity index (χ2v) is 6.27. The number of aryl methyl sites for hydroxylation is 1. The molecule has 0 saturated carbocycles. The van der Waals surface area contributed by atoms with Gasteiger partial charge in [-0.15, -0.1) is 0 Å². The first-order chi connectivity index (χ1) is 11.8. The lowest BCUT2D eigenvalue weighted by Crippen LogP contribution is -2.14. The Morgan fingerprint density at radius 3 is 2.44 bits per heavy atom. The summed E-state index contributed by atoms with van der Waals surface area (Å²) in [5.41, 5.74) is 2.11. The largest absolute Gasteiger partial charge is 0.462 e. The van der Waals surface area contributed by atoms with Crippen molar-refractivity contribution in [3.05, 3.63) is 46.8 Å². The molecular formula is C17H18F2N2O3S. The van der Waals surface area contributed by atoms with Crippen LogP contribution in [0, 0.1) is 13.8 Å². The van der Waals surface area contributed by atoms with E-state index in [0.717, 1.165) is 0 Å². The van der Waals surface area contributed by atoms with Crippen molar-refractivity contribution in [2.75, 3.05) is 11.9 Å². The number of halogens is 2. The fourth-order valence-corrected chi connectivity index (χ4v) is 2.90. The summed E-state index contributed by atoms with van der Waals surface area (Å²) in [5, 5.41) is 2.67. The molecule has 0 aliphatic rings. The number of carbonyl (C=O) groups is 2. The Hall–Kier alpha value is -2.35. The molecule has 0 aliphatic carbocycles. The minimum Gasteiger partial charge on any atom is -0.462 e. The molecule has 0 radical (unpaired) electrons. The van der Waals surface area contributed by atoms with Crippen LogP contribution in [-0.2, 0) is 4.74 Å².